The van der Waals surface area contributed by atoms with Crippen molar-refractivity contribution in [2.24, 2.45) is 23.5 Å². The summed E-state index contributed by atoms with van der Waals surface area (Å²) in [6.45, 7) is 5.54. The summed E-state index contributed by atoms with van der Waals surface area (Å²) in [6, 6.07) is -0.838. The van der Waals surface area contributed by atoms with E-state index in [2.05, 4.69) is 24.5 Å². The first kappa shape index (κ1) is 21.2. The molecule has 0 bridgehead atoms. The van der Waals surface area contributed by atoms with Crippen LogP contribution in [0.2, 0.25) is 0 Å². The third kappa shape index (κ3) is 5.59. The fourth-order valence-electron chi connectivity index (χ4n) is 4.15. The lowest BCUT2D eigenvalue weighted by Gasteiger charge is -2.37. The molecule has 7 N–H and O–H groups in total. The Labute approximate surface area is 149 Å². The van der Waals surface area contributed by atoms with Crippen LogP contribution in [0.25, 0.3) is 0 Å². The van der Waals surface area contributed by atoms with Gasteiger partial charge in [-0.05, 0) is 25.2 Å². The van der Waals surface area contributed by atoms with Gasteiger partial charge < -0.3 is 26.6 Å². The number of guanidine groups is 1. The molecule has 8 heteroatoms. The summed E-state index contributed by atoms with van der Waals surface area (Å²) in [5.41, 5.74) is 5.45. The van der Waals surface area contributed by atoms with Crippen molar-refractivity contribution in [2.75, 3.05) is 0 Å². The zero-order valence-electron chi connectivity index (χ0n) is 15.3. The van der Waals surface area contributed by atoms with Gasteiger partial charge in [-0.1, -0.05) is 26.7 Å². The average Bonchev–Trinajstić information content (AvgIpc) is 2.80. The van der Waals surface area contributed by atoms with E-state index in [0.717, 1.165) is 25.7 Å². The number of aliphatic hydroxyl groups is 1. The molecular formula is C17H32N4O4. The summed E-state index contributed by atoms with van der Waals surface area (Å²) in [5, 5.41) is 33.3. The molecule has 1 aliphatic rings. The second-order valence-electron chi connectivity index (χ2n) is 6.98. The highest BCUT2D eigenvalue weighted by molar-refractivity contribution is 5.76. The van der Waals surface area contributed by atoms with Crippen molar-refractivity contribution in [1.82, 2.24) is 10.6 Å². The average molecular weight is 356 g/mol. The molecule has 0 aliphatic heterocycles. The van der Waals surface area contributed by atoms with Crippen LogP contribution in [0.15, 0.2) is 0 Å². The van der Waals surface area contributed by atoms with E-state index in [-0.39, 0.29) is 30.2 Å². The van der Waals surface area contributed by atoms with Crippen LogP contribution in [0.3, 0.4) is 0 Å². The van der Waals surface area contributed by atoms with Crippen LogP contribution in [0.4, 0.5) is 0 Å². The number of hydrogen-bond acceptors (Lipinski definition) is 4. The standard InChI is InChI=1S/C17H32N4O4/c1-4-6-10(7-5-2)14(20-9(3)22)13-12(21-17(18)19)8-11(15(13)23)16(24)25/h10-15,23H,4-8H2,1-3H3,(H,20,22)(H,24,25)(H4,18,19,21)/t11?,12?,13-,14?,15?/m1/s1. The Morgan fingerprint density at radius 1 is 1.28 bits per heavy atom. The number of aliphatic hydroxyl groups excluding tert-OH is 1. The molecule has 8 nitrogen and oxygen atoms in total. The lowest BCUT2D eigenvalue weighted by molar-refractivity contribution is -0.145. The van der Waals surface area contributed by atoms with Crippen molar-refractivity contribution in [2.45, 2.75) is 71.1 Å². The Balaban J connectivity index is 3.21. The first-order valence-electron chi connectivity index (χ1n) is 9.01. The van der Waals surface area contributed by atoms with Crippen LogP contribution >= 0.6 is 0 Å². The normalized spacial score (nSPS) is 27.1. The quantitative estimate of drug-likeness (QED) is 0.264. The third-order valence-corrected chi connectivity index (χ3v) is 5.05. The van der Waals surface area contributed by atoms with Crippen LogP contribution in [-0.2, 0) is 9.59 Å². The van der Waals surface area contributed by atoms with Gasteiger partial charge in [0.1, 0.15) is 0 Å². The zero-order valence-corrected chi connectivity index (χ0v) is 15.3. The van der Waals surface area contributed by atoms with Gasteiger partial charge in [0.15, 0.2) is 5.96 Å². The predicted molar refractivity (Wildman–Crippen MR) is 95.0 cm³/mol. The fraction of sp³-hybridized carbons (Fsp3) is 0.824. The van der Waals surface area contributed by atoms with Gasteiger partial charge in [0.25, 0.3) is 0 Å². The van der Waals surface area contributed by atoms with Gasteiger partial charge in [-0.15, -0.1) is 0 Å². The third-order valence-electron chi connectivity index (χ3n) is 5.05. The highest BCUT2D eigenvalue weighted by Crippen LogP contribution is 2.38. The molecule has 0 heterocycles. The maximum atomic E-state index is 11.8. The Morgan fingerprint density at radius 2 is 1.84 bits per heavy atom. The first-order chi connectivity index (χ1) is 11.7. The number of rotatable bonds is 9. The maximum absolute atomic E-state index is 11.8. The summed E-state index contributed by atoms with van der Waals surface area (Å²) in [6.07, 6.45) is 2.65. The molecule has 1 fully saturated rings. The van der Waals surface area contributed by atoms with E-state index in [1.165, 1.54) is 6.92 Å². The van der Waals surface area contributed by atoms with E-state index in [1.807, 2.05) is 0 Å². The Bertz CT molecular complexity index is 479. The molecule has 0 saturated heterocycles. The van der Waals surface area contributed by atoms with Crippen molar-refractivity contribution in [1.29, 1.82) is 5.41 Å². The summed E-state index contributed by atoms with van der Waals surface area (Å²) in [7, 11) is 0. The van der Waals surface area contributed by atoms with E-state index in [4.69, 9.17) is 11.1 Å². The van der Waals surface area contributed by atoms with Crippen molar-refractivity contribution in [3.05, 3.63) is 0 Å². The van der Waals surface area contributed by atoms with Crippen molar-refractivity contribution in [3.8, 4) is 0 Å². The molecule has 1 amide bonds. The van der Waals surface area contributed by atoms with E-state index in [9.17, 15) is 19.8 Å². The van der Waals surface area contributed by atoms with Crippen LogP contribution in [0, 0.1) is 23.2 Å². The van der Waals surface area contributed by atoms with E-state index < -0.39 is 30.0 Å². The summed E-state index contributed by atoms with van der Waals surface area (Å²) in [4.78, 5) is 23.3. The minimum Gasteiger partial charge on any atom is -0.481 e. The number of amides is 1. The number of carboxylic acids is 1. The summed E-state index contributed by atoms with van der Waals surface area (Å²) in [5.74, 6) is -2.89. The minimum absolute atomic E-state index is 0.127. The fourth-order valence-corrected chi connectivity index (χ4v) is 4.15. The van der Waals surface area contributed by atoms with E-state index in [1.54, 1.807) is 0 Å². The number of aliphatic carboxylic acids is 1. The van der Waals surface area contributed by atoms with Crippen molar-refractivity contribution in [3.63, 3.8) is 0 Å². The van der Waals surface area contributed by atoms with Gasteiger partial charge in [-0.2, -0.15) is 0 Å². The lowest BCUT2D eigenvalue weighted by atomic mass is 9.79. The van der Waals surface area contributed by atoms with Crippen LogP contribution in [0.1, 0.15) is 52.9 Å². The van der Waals surface area contributed by atoms with Gasteiger partial charge in [0.05, 0.1) is 12.0 Å². The largest absolute Gasteiger partial charge is 0.481 e. The molecule has 0 spiro atoms. The number of nitrogens with one attached hydrogen (secondary N) is 3. The highest BCUT2D eigenvalue weighted by atomic mass is 16.4. The second kappa shape index (κ2) is 9.60. The molecule has 1 aliphatic carbocycles. The Hall–Kier alpha value is -1.83. The minimum atomic E-state index is -1.11. The number of carbonyl (C=O) groups is 2. The van der Waals surface area contributed by atoms with Gasteiger partial charge >= 0.3 is 5.97 Å². The van der Waals surface area contributed by atoms with Crippen molar-refractivity contribution >= 4 is 17.8 Å². The molecule has 1 saturated carbocycles. The Kier molecular flexibility index (Phi) is 8.15. The van der Waals surface area contributed by atoms with Gasteiger partial charge in [0.2, 0.25) is 5.91 Å². The maximum Gasteiger partial charge on any atom is 0.309 e. The van der Waals surface area contributed by atoms with Crippen LogP contribution in [-0.4, -0.2) is 46.2 Å². The van der Waals surface area contributed by atoms with Crippen LogP contribution < -0.4 is 16.4 Å². The predicted octanol–water partition coefficient (Wildman–Crippen LogP) is 0.641. The van der Waals surface area contributed by atoms with E-state index in [0.29, 0.717) is 0 Å². The van der Waals surface area contributed by atoms with E-state index >= 15 is 0 Å². The number of carboxylic acid groups (broad SMARTS) is 1. The molecule has 1 rings (SSSR count). The number of carbonyl (C=O) groups excluding carboxylic acids is 1. The summed E-state index contributed by atoms with van der Waals surface area (Å²) >= 11 is 0. The molecule has 5 atom stereocenters. The molecule has 0 aromatic heterocycles. The smallest absolute Gasteiger partial charge is 0.309 e. The van der Waals surface area contributed by atoms with Crippen LogP contribution in [0.5, 0.6) is 0 Å². The Morgan fingerprint density at radius 3 is 2.24 bits per heavy atom. The van der Waals surface area contributed by atoms with Gasteiger partial charge in [-0.25, -0.2) is 0 Å². The number of nitrogens with two attached hydrogens (primary N) is 1. The highest BCUT2D eigenvalue weighted by Gasteiger charge is 2.50. The monoisotopic (exact) mass is 356 g/mol. The molecule has 0 radical (unpaired) electrons. The molecule has 25 heavy (non-hydrogen) atoms. The second-order valence-corrected chi connectivity index (χ2v) is 6.98. The van der Waals surface area contributed by atoms with Crippen molar-refractivity contribution < 1.29 is 19.8 Å². The van der Waals surface area contributed by atoms with Gasteiger partial charge in [0, 0.05) is 24.9 Å². The number of hydrogen-bond donors (Lipinski definition) is 6. The lowest BCUT2D eigenvalue weighted by Crippen LogP contribution is -2.55. The summed E-state index contributed by atoms with van der Waals surface area (Å²) < 4.78 is 0. The molecule has 144 valence electrons. The topological polar surface area (TPSA) is 149 Å². The molecular weight excluding hydrogens is 324 g/mol. The molecule has 4 unspecified atom stereocenters. The zero-order chi connectivity index (χ0) is 19.1. The van der Waals surface area contributed by atoms with Gasteiger partial charge in [-0.3, -0.25) is 15.0 Å². The first-order valence-corrected chi connectivity index (χ1v) is 9.01. The SMILES string of the molecule is CCCC(CCC)C(NC(C)=O)[C@H]1C(NC(=N)N)CC(C(=O)O)C1O. The molecule has 0 aromatic carbocycles. The molecule has 0 aromatic rings.